The fourth-order valence-electron chi connectivity index (χ4n) is 2.56. The van der Waals surface area contributed by atoms with Crippen LogP contribution >= 0.6 is 11.8 Å². The van der Waals surface area contributed by atoms with Crippen molar-refractivity contribution in [2.75, 3.05) is 12.4 Å². The number of rotatable bonds is 6. The van der Waals surface area contributed by atoms with Crippen LogP contribution in [-0.2, 0) is 11.3 Å². The van der Waals surface area contributed by atoms with Crippen LogP contribution in [0.15, 0.2) is 48.5 Å². The summed E-state index contributed by atoms with van der Waals surface area (Å²) in [7, 11) is 1.52. The van der Waals surface area contributed by atoms with Gasteiger partial charge < -0.3 is 20.0 Å². The van der Waals surface area contributed by atoms with Crippen LogP contribution in [0.5, 0.6) is 5.75 Å². The molecule has 3 rings (SSSR count). The fraction of sp³-hybridized carbons (Fsp3) is 0.167. The van der Waals surface area contributed by atoms with Crippen molar-refractivity contribution in [2.24, 2.45) is 0 Å². The van der Waals surface area contributed by atoms with Gasteiger partial charge >= 0.3 is 0 Å². The van der Waals surface area contributed by atoms with E-state index >= 15 is 0 Å². The van der Waals surface area contributed by atoms with Gasteiger partial charge in [0.1, 0.15) is 5.75 Å². The Kier molecular flexibility index (Phi) is 5.13. The number of methoxy groups -OCH3 is 1. The molecular weight excluding hydrogens is 356 g/mol. The molecule has 1 fully saturated rings. The van der Waals surface area contributed by atoms with Gasteiger partial charge in [0.15, 0.2) is 5.37 Å². The maximum absolute atomic E-state index is 12.6. The average molecular weight is 371 g/mol. The summed E-state index contributed by atoms with van der Waals surface area (Å²) >= 11 is 0.868. The monoisotopic (exact) mass is 371 g/mol. The second-order valence-electron chi connectivity index (χ2n) is 5.52. The molecule has 0 unspecified atom stereocenters. The Morgan fingerprint density at radius 1 is 1.23 bits per heavy atom. The molecule has 0 aromatic heterocycles. The van der Waals surface area contributed by atoms with Crippen molar-refractivity contribution in [3.63, 3.8) is 0 Å². The number of amides is 2. The lowest BCUT2D eigenvalue weighted by Gasteiger charge is -2.16. The highest BCUT2D eigenvalue weighted by Crippen LogP contribution is 2.32. The molecule has 0 radical (unpaired) electrons. The van der Waals surface area contributed by atoms with E-state index in [1.165, 1.54) is 19.2 Å². The Bertz CT molecular complexity index is 870. The first kappa shape index (κ1) is 17.8. The lowest BCUT2D eigenvalue weighted by molar-refractivity contribution is -0.255. The lowest BCUT2D eigenvalue weighted by Crippen LogP contribution is -2.34. The maximum Gasteiger partial charge on any atom is 0.291 e. The number of carboxylic acids is 1. The molecule has 26 heavy (non-hydrogen) atoms. The molecule has 1 saturated heterocycles. The molecule has 1 atom stereocenters. The third-order valence-electron chi connectivity index (χ3n) is 3.83. The number of aromatic carboxylic acids is 1. The number of anilines is 1. The number of carboxylic acid groups (broad SMARTS) is 1. The summed E-state index contributed by atoms with van der Waals surface area (Å²) in [6.07, 6.45) is 0. The lowest BCUT2D eigenvalue weighted by atomic mass is 10.1. The smallest absolute Gasteiger partial charge is 0.291 e. The van der Waals surface area contributed by atoms with Gasteiger partial charge in [-0.2, -0.15) is 0 Å². The van der Waals surface area contributed by atoms with Gasteiger partial charge in [0.05, 0.1) is 25.3 Å². The zero-order chi connectivity index (χ0) is 18.7. The molecule has 1 aliphatic heterocycles. The number of ether oxygens (including phenoxy) is 1. The Hall–Kier alpha value is -3.00. The van der Waals surface area contributed by atoms with Gasteiger partial charge in [0.25, 0.3) is 11.1 Å². The Morgan fingerprint density at radius 2 is 2.00 bits per heavy atom. The molecule has 1 aliphatic rings. The van der Waals surface area contributed by atoms with E-state index in [1.807, 2.05) is 0 Å². The van der Waals surface area contributed by atoms with E-state index in [0.717, 1.165) is 16.7 Å². The van der Waals surface area contributed by atoms with Crippen molar-refractivity contribution in [1.82, 2.24) is 4.90 Å². The SMILES string of the molecule is COc1ccccc1N[C@H]1SC(=O)N(Cc2cccc(C(=O)[O-])c2)C1=O. The number of nitrogens with one attached hydrogen (secondary N) is 1. The Labute approximate surface area is 153 Å². The van der Waals surface area contributed by atoms with Crippen LogP contribution in [0.4, 0.5) is 10.5 Å². The number of para-hydroxylation sites is 2. The average Bonchev–Trinajstić information content (AvgIpc) is 2.90. The minimum atomic E-state index is -1.31. The minimum absolute atomic E-state index is 0.00190. The number of hydrogen-bond acceptors (Lipinski definition) is 7. The summed E-state index contributed by atoms with van der Waals surface area (Å²) in [4.78, 5) is 36.9. The van der Waals surface area contributed by atoms with E-state index in [2.05, 4.69) is 5.32 Å². The molecule has 8 heteroatoms. The van der Waals surface area contributed by atoms with E-state index in [4.69, 9.17) is 4.74 Å². The highest BCUT2D eigenvalue weighted by molar-refractivity contribution is 8.15. The van der Waals surface area contributed by atoms with Crippen molar-refractivity contribution in [3.05, 3.63) is 59.7 Å². The van der Waals surface area contributed by atoms with E-state index in [9.17, 15) is 19.5 Å². The number of thioether (sulfide) groups is 1. The van der Waals surface area contributed by atoms with Crippen molar-refractivity contribution in [3.8, 4) is 5.75 Å². The van der Waals surface area contributed by atoms with Crippen molar-refractivity contribution in [1.29, 1.82) is 0 Å². The molecular formula is C18H15N2O5S-. The zero-order valence-electron chi connectivity index (χ0n) is 13.8. The number of hydrogen-bond donors (Lipinski definition) is 1. The fourth-order valence-corrected chi connectivity index (χ4v) is 3.46. The number of imide groups is 1. The molecule has 2 amide bonds. The molecule has 7 nitrogen and oxygen atoms in total. The number of nitrogens with zero attached hydrogens (tertiary/aromatic N) is 1. The number of carbonyl (C=O) groups excluding carboxylic acids is 3. The summed E-state index contributed by atoms with van der Waals surface area (Å²) in [5.41, 5.74) is 1.14. The highest BCUT2D eigenvalue weighted by Gasteiger charge is 2.39. The predicted molar refractivity (Wildman–Crippen MR) is 94.7 cm³/mol. The molecule has 1 N–H and O–H groups in total. The first-order chi connectivity index (χ1) is 12.5. The molecule has 0 saturated carbocycles. The molecule has 134 valence electrons. The summed E-state index contributed by atoms with van der Waals surface area (Å²) in [5, 5.41) is 12.8. The number of benzene rings is 2. The van der Waals surface area contributed by atoms with Crippen LogP contribution in [0.1, 0.15) is 15.9 Å². The van der Waals surface area contributed by atoms with E-state index in [0.29, 0.717) is 17.0 Å². The second-order valence-corrected chi connectivity index (χ2v) is 6.58. The molecule has 1 heterocycles. The predicted octanol–water partition coefficient (Wildman–Crippen LogP) is 1.69. The summed E-state index contributed by atoms with van der Waals surface area (Å²) in [5.74, 6) is -1.14. The third-order valence-corrected chi connectivity index (χ3v) is 4.80. The standard InChI is InChI=1S/C18H16N2O5S/c1-25-14-8-3-2-7-13(14)19-15-16(21)20(18(24)26-15)10-11-5-4-6-12(9-11)17(22)23/h2-9,15,19H,10H2,1H3,(H,22,23)/p-1/t15-/m0/s1. The van der Waals surface area contributed by atoms with Crippen molar-refractivity contribution < 1.29 is 24.2 Å². The largest absolute Gasteiger partial charge is 0.545 e. The first-order valence-corrected chi connectivity index (χ1v) is 8.59. The minimum Gasteiger partial charge on any atom is -0.545 e. The quantitative estimate of drug-likeness (QED) is 0.825. The van der Waals surface area contributed by atoms with Gasteiger partial charge in [-0.25, -0.2) is 0 Å². The van der Waals surface area contributed by atoms with E-state index in [-0.39, 0.29) is 12.1 Å². The van der Waals surface area contributed by atoms with Crippen LogP contribution in [-0.4, -0.2) is 34.5 Å². The zero-order valence-corrected chi connectivity index (χ0v) is 14.6. The summed E-state index contributed by atoms with van der Waals surface area (Å²) in [6.45, 7) is -0.00408. The van der Waals surface area contributed by atoms with Crippen molar-refractivity contribution >= 4 is 34.6 Å². The van der Waals surface area contributed by atoms with Gasteiger partial charge in [0, 0.05) is 0 Å². The van der Waals surface area contributed by atoms with Gasteiger partial charge in [-0.1, -0.05) is 30.3 Å². The third kappa shape index (κ3) is 3.65. The normalized spacial score (nSPS) is 16.7. The highest BCUT2D eigenvalue weighted by atomic mass is 32.2. The molecule has 0 bridgehead atoms. The van der Waals surface area contributed by atoms with E-state index < -0.39 is 22.5 Å². The molecule has 0 aliphatic carbocycles. The maximum atomic E-state index is 12.6. The van der Waals surface area contributed by atoms with Crippen LogP contribution in [0.25, 0.3) is 0 Å². The van der Waals surface area contributed by atoms with Crippen LogP contribution in [0.2, 0.25) is 0 Å². The number of carbonyl (C=O) groups is 3. The van der Waals surface area contributed by atoms with Crippen LogP contribution in [0.3, 0.4) is 0 Å². The van der Waals surface area contributed by atoms with Crippen LogP contribution in [0, 0.1) is 0 Å². The molecule has 2 aromatic rings. The topological polar surface area (TPSA) is 98.8 Å². The Morgan fingerprint density at radius 3 is 2.73 bits per heavy atom. The summed E-state index contributed by atoms with van der Waals surface area (Å²) in [6, 6.07) is 13.1. The van der Waals surface area contributed by atoms with Gasteiger partial charge in [0.2, 0.25) is 0 Å². The van der Waals surface area contributed by atoms with E-state index in [1.54, 1.807) is 36.4 Å². The Balaban J connectivity index is 1.75. The summed E-state index contributed by atoms with van der Waals surface area (Å²) < 4.78 is 5.23. The van der Waals surface area contributed by atoms with Gasteiger partial charge in [-0.05, 0) is 41.1 Å². The second kappa shape index (κ2) is 7.49. The molecule has 2 aromatic carbocycles. The van der Waals surface area contributed by atoms with Gasteiger partial charge in [-0.15, -0.1) is 0 Å². The van der Waals surface area contributed by atoms with Gasteiger partial charge in [-0.3, -0.25) is 14.5 Å². The molecule has 0 spiro atoms. The van der Waals surface area contributed by atoms with Crippen molar-refractivity contribution in [2.45, 2.75) is 11.9 Å². The van der Waals surface area contributed by atoms with Crippen LogP contribution < -0.4 is 15.2 Å². The first-order valence-electron chi connectivity index (χ1n) is 7.71.